The van der Waals surface area contributed by atoms with Gasteiger partial charge in [-0.15, -0.1) is 0 Å². The van der Waals surface area contributed by atoms with Crippen molar-refractivity contribution in [1.29, 1.82) is 0 Å². The first-order valence-corrected chi connectivity index (χ1v) is 12.6. The highest BCUT2D eigenvalue weighted by molar-refractivity contribution is 6.74. The molecule has 0 spiro atoms. The van der Waals surface area contributed by atoms with Crippen LogP contribution in [0.25, 0.3) is 0 Å². The molecule has 1 aromatic rings. The molecule has 3 aliphatic heterocycles. The van der Waals surface area contributed by atoms with Gasteiger partial charge in [0.05, 0.1) is 6.61 Å². The van der Waals surface area contributed by atoms with Crippen LogP contribution in [0.5, 0.6) is 0 Å². The molecule has 150 valence electrons. The standard InChI is InChI=1S/C20H30O6Si/c1-20(2,3)27(4,5)26-18-15-13(21)14-16(17(18)25-19(23-14)24-15)22-11-12-9-7-6-8-10-12/h6-10,13-19,21H,11H2,1-5H3/t13-,14-,15-,16-,17+,18+,19+/m0/s1. The van der Waals surface area contributed by atoms with Gasteiger partial charge in [0.2, 0.25) is 0 Å². The number of rotatable bonds is 5. The highest BCUT2D eigenvalue weighted by Crippen LogP contribution is 2.46. The first-order chi connectivity index (χ1) is 12.7. The fourth-order valence-corrected chi connectivity index (χ4v) is 5.00. The molecule has 0 amide bonds. The molecule has 0 aromatic heterocycles. The van der Waals surface area contributed by atoms with Crippen molar-refractivity contribution in [3.05, 3.63) is 35.9 Å². The van der Waals surface area contributed by atoms with E-state index < -0.39 is 39.2 Å². The number of aliphatic hydroxyl groups excluding tert-OH is 1. The Labute approximate surface area is 161 Å². The van der Waals surface area contributed by atoms with Crippen molar-refractivity contribution in [2.24, 2.45) is 0 Å². The van der Waals surface area contributed by atoms with Gasteiger partial charge in [-0.2, -0.15) is 0 Å². The molecule has 1 N–H and O–H groups in total. The summed E-state index contributed by atoms with van der Waals surface area (Å²) in [4.78, 5) is 0. The SMILES string of the molecule is CC(C)(C)[Si](C)(C)O[C@H]1[C@@H]2O[C@@H]3O[C@@H]([C@H](O)[C@@H]1O3)[C@@H]2OCc1ccccc1. The predicted octanol–water partition coefficient (Wildman–Crippen LogP) is 2.80. The van der Waals surface area contributed by atoms with Gasteiger partial charge in [-0.3, -0.25) is 0 Å². The van der Waals surface area contributed by atoms with Crippen molar-refractivity contribution < 1.29 is 28.5 Å². The van der Waals surface area contributed by atoms with Crippen LogP contribution in [0.3, 0.4) is 0 Å². The second-order valence-corrected chi connectivity index (χ2v) is 13.9. The van der Waals surface area contributed by atoms with Crippen LogP contribution in [-0.2, 0) is 30.0 Å². The number of aliphatic hydroxyl groups is 1. The van der Waals surface area contributed by atoms with Gasteiger partial charge in [0, 0.05) is 0 Å². The Kier molecular flexibility index (Phi) is 5.00. The van der Waals surface area contributed by atoms with E-state index in [9.17, 15) is 5.11 Å². The minimum absolute atomic E-state index is 0.0451. The summed E-state index contributed by atoms with van der Waals surface area (Å²) in [5.74, 6) is 0. The van der Waals surface area contributed by atoms with Crippen LogP contribution in [0.2, 0.25) is 18.1 Å². The predicted molar refractivity (Wildman–Crippen MR) is 102 cm³/mol. The highest BCUT2D eigenvalue weighted by atomic mass is 28.4. The van der Waals surface area contributed by atoms with E-state index in [4.69, 9.17) is 23.4 Å². The van der Waals surface area contributed by atoms with Gasteiger partial charge >= 0.3 is 0 Å². The summed E-state index contributed by atoms with van der Waals surface area (Å²) in [6.45, 7) is 10.7. The third-order valence-electron chi connectivity index (χ3n) is 6.30. The number of ether oxygens (including phenoxy) is 4. The Hall–Kier alpha value is -0.803. The molecule has 3 heterocycles. The van der Waals surface area contributed by atoms with Gasteiger partial charge in [-0.05, 0) is 23.7 Å². The lowest BCUT2D eigenvalue weighted by Crippen LogP contribution is -2.76. The molecule has 27 heavy (non-hydrogen) atoms. The zero-order chi connectivity index (χ0) is 19.4. The summed E-state index contributed by atoms with van der Waals surface area (Å²) in [5, 5.41) is 10.9. The molecule has 3 saturated heterocycles. The Morgan fingerprint density at radius 2 is 1.56 bits per heavy atom. The van der Waals surface area contributed by atoms with Gasteiger partial charge in [-0.25, -0.2) is 0 Å². The molecule has 4 bridgehead atoms. The molecular weight excluding hydrogens is 364 g/mol. The molecule has 7 heteroatoms. The Bertz CT molecular complexity index is 660. The fourth-order valence-electron chi connectivity index (χ4n) is 3.70. The maximum atomic E-state index is 10.8. The lowest BCUT2D eigenvalue weighted by molar-refractivity contribution is -0.482. The molecule has 5 rings (SSSR count). The van der Waals surface area contributed by atoms with E-state index in [1.807, 2.05) is 30.3 Å². The van der Waals surface area contributed by atoms with E-state index in [2.05, 4.69) is 33.9 Å². The third-order valence-corrected chi connectivity index (χ3v) is 10.8. The van der Waals surface area contributed by atoms with E-state index >= 15 is 0 Å². The summed E-state index contributed by atoms with van der Waals surface area (Å²) in [7, 11) is -2.08. The minimum atomic E-state index is -2.08. The van der Waals surface area contributed by atoms with E-state index in [0.717, 1.165) is 5.56 Å². The summed E-state index contributed by atoms with van der Waals surface area (Å²) >= 11 is 0. The van der Waals surface area contributed by atoms with Crippen LogP contribution < -0.4 is 0 Å². The Morgan fingerprint density at radius 1 is 0.963 bits per heavy atom. The normalized spacial score (nSPS) is 38.4. The zero-order valence-electron chi connectivity index (χ0n) is 16.6. The maximum Gasteiger partial charge on any atom is 0.272 e. The van der Waals surface area contributed by atoms with Crippen LogP contribution in [0.15, 0.2) is 30.3 Å². The number of benzene rings is 1. The monoisotopic (exact) mass is 394 g/mol. The van der Waals surface area contributed by atoms with Crippen LogP contribution in [-0.4, -0.2) is 56.5 Å². The summed E-state index contributed by atoms with van der Waals surface area (Å²) in [6.07, 6.45) is -2.77. The fraction of sp³-hybridized carbons (Fsp3) is 0.700. The van der Waals surface area contributed by atoms with Crippen molar-refractivity contribution in [2.45, 2.75) is 88.6 Å². The topological polar surface area (TPSA) is 66.4 Å². The van der Waals surface area contributed by atoms with Gasteiger partial charge < -0.3 is 28.5 Å². The molecular formula is C20H30O6Si. The van der Waals surface area contributed by atoms with Crippen molar-refractivity contribution in [3.63, 3.8) is 0 Å². The molecule has 4 aliphatic rings. The molecule has 1 aliphatic carbocycles. The van der Waals surface area contributed by atoms with Crippen LogP contribution in [0, 0.1) is 0 Å². The summed E-state index contributed by atoms with van der Waals surface area (Å²) < 4.78 is 30.2. The molecule has 0 radical (unpaired) electrons. The van der Waals surface area contributed by atoms with Gasteiger partial charge in [0.25, 0.3) is 6.48 Å². The van der Waals surface area contributed by atoms with Crippen molar-refractivity contribution in [2.75, 3.05) is 0 Å². The van der Waals surface area contributed by atoms with Gasteiger partial charge in [0.1, 0.15) is 36.6 Å². The second-order valence-electron chi connectivity index (χ2n) is 9.19. The van der Waals surface area contributed by atoms with Crippen molar-refractivity contribution >= 4 is 8.32 Å². The number of hydrogen-bond donors (Lipinski definition) is 1. The zero-order valence-corrected chi connectivity index (χ0v) is 17.6. The molecule has 0 unspecified atom stereocenters. The van der Waals surface area contributed by atoms with Crippen molar-refractivity contribution in [3.8, 4) is 0 Å². The van der Waals surface area contributed by atoms with Crippen LogP contribution >= 0.6 is 0 Å². The summed E-state index contributed by atoms with van der Waals surface area (Å²) in [6, 6.07) is 9.97. The molecule has 1 aromatic carbocycles. The van der Waals surface area contributed by atoms with Crippen molar-refractivity contribution in [1.82, 2.24) is 0 Å². The molecule has 1 saturated carbocycles. The lowest BCUT2D eigenvalue weighted by atomic mass is 9.82. The van der Waals surface area contributed by atoms with E-state index in [0.29, 0.717) is 6.61 Å². The summed E-state index contributed by atoms with van der Waals surface area (Å²) in [5.41, 5.74) is 1.07. The van der Waals surface area contributed by atoms with Crippen LogP contribution in [0.1, 0.15) is 26.3 Å². The third kappa shape index (κ3) is 3.50. The van der Waals surface area contributed by atoms with E-state index in [1.54, 1.807) is 0 Å². The highest BCUT2D eigenvalue weighted by Gasteiger charge is 2.63. The largest absolute Gasteiger partial charge is 0.408 e. The lowest BCUT2D eigenvalue weighted by Gasteiger charge is -2.59. The van der Waals surface area contributed by atoms with E-state index in [-0.39, 0.29) is 17.2 Å². The Morgan fingerprint density at radius 3 is 2.19 bits per heavy atom. The molecule has 6 nitrogen and oxygen atoms in total. The quantitative estimate of drug-likeness (QED) is 0.775. The van der Waals surface area contributed by atoms with Gasteiger partial charge in [-0.1, -0.05) is 51.1 Å². The molecule has 7 atom stereocenters. The Balaban J connectivity index is 1.54. The van der Waals surface area contributed by atoms with Crippen LogP contribution in [0.4, 0.5) is 0 Å². The first kappa shape index (κ1) is 19.5. The average Bonchev–Trinajstić information content (AvgIpc) is 2.60. The maximum absolute atomic E-state index is 10.8. The minimum Gasteiger partial charge on any atom is -0.408 e. The van der Waals surface area contributed by atoms with E-state index in [1.165, 1.54) is 0 Å². The smallest absolute Gasteiger partial charge is 0.272 e. The van der Waals surface area contributed by atoms with Gasteiger partial charge in [0.15, 0.2) is 8.32 Å². The molecule has 4 fully saturated rings. The number of hydrogen-bond acceptors (Lipinski definition) is 6. The average molecular weight is 395 g/mol. The second kappa shape index (κ2) is 6.91. The first-order valence-electron chi connectivity index (χ1n) is 9.65.